The summed E-state index contributed by atoms with van der Waals surface area (Å²) in [5, 5.41) is 11.8. The molecule has 4 N–H and O–H groups in total. The molecule has 64 valence electrons. The highest BCUT2D eigenvalue weighted by Crippen LogP contribution is 2.17. The van der Waals surface area contributed by atoms with Gasteiger partial charge in [0.1, 0.15) is 0 Å². The molecular formula is C7H14N2O2. The van der Waals surface area contributed by atoms with Gasteiger partial charge in [-0.1, -0.05) is 0 Å². The van der Waals surface area contributed by atoms with E-state index in [0.29, 0.717) is 0 Å². The van der Waals surface area contributed by atoms with Gasteiger partial charge in [-0.25, -0.2) is 0 Å². The largest absolute Gasteiger partial charge is 0.481 e. The summed E-state index contributed by atoms with van der Waals surface area (Å²) < 4.78 is 0. The van der Waals surface area contributed by atoms with Gasteiger partial charge in [-0.15, -0.1) is 0 Å². The topological polar surface area (TPSA) is 75.4 Å². The SMILES string of the molecule is NCC(C(=O)O)C1CCNC1. The summed E-state index contributed by atoms with van der Waals surface area (Å²) in [5.74, 6) is -0.885. The molecular weight excluding hydrogens is 144 g/mol. The third-order valence-corrected chi connectivity index (χ3v) is 2.24. The first-order valence-corrected chi connectivity index (χ1v) is 3.89. The van der Waals surface area contributed by atoms with Crippen molar-refractivity contribution in [1.29, 1.82) is 0 Å². The molecule has 4 nitrogen and oxygen atoms in total. The van der Waals surface area contributed by atoms with Crippen molar-refractivity contribution in [1.82, 2.24) is 5.32 Å². The Balaban J connectivity index is 2.46. The second-order valence-electron chi connectivity index (χ2n) is 2.93. The van der Waals surface area contributed by atoms with Crippen molar-refractivity contribution in [3.63, 3.8) is 0 Å². The van der Waals surface area contributed by atoms with E-state index in [4.69, 9.17) is 10.8 Å². The highest BCUT2D eigenvalue weighted by atomic mass is 16.4. The van der Waals surface area contributed by atoms with Crippen LogP contribution >= 0.6 is 0 Å². The second kappa shape index (κ2) is 3.69. The van der Waals surface area contributed by atoms with Gasteiger partial charge in [0, 0.05) is 6.54 Å². The molecule has 0 spiro atoms. The molecule has 0 aliphatic carbocycles. The minimum atomic E-state index is -0.763. The Morgan fingerprint density at radius 2 is 2.55 bits per heavy atom. The molecule has 0 aromatic carbocycles. The normalized spacial score (nSPS) is 26.8. The average molecular weight is 158 g/mol. The van der Waals surface area contributed by atoms with Gasteiger partial charge in [0.25, 0.3) is 0 Å². The molecule has 0 aromatic heterocycles. The lowest BCUT2D eigenvalue weighted by Crippen LogP contribution is -2.31. The van der Waals surface area contributed by atoms with Crippen molar-refractivity contribution < 1.29 is 9.90 Å². The predicted octanol–water partition coefficient (Wildman–Crippen LogP) is -0.745. The van der Waals surface area contributed by atoms with Crippen LogP contribution in [0.3, 0.4) is 0 Å². The van der Waals surface area contributed by atoms with Gasteiger partial charge in [0.2, 0.25) is 0 Å². The Bertz CT molecular complexity index is 143. The lowest BCUT2D eigenvalue weighted by molar-refractivity contribution is -0.143. The highest BCUT2D eigenvalue weighted by Gasteiger charge is 2.28. The molecule has 2 unspecified atom stereocenters. The number of rotatable bonds is 3. The average Bonchev–Trinajstić information content (AvgIpc) is 2.40. The van der Waals surface area contributed by atoms with Crippen molar-refractivity contribution in [2.45, 2.75) is 6.42 Å². The number of carboxylic acid groups (broad SMARTS) is 1. The minimum absolute atomic E-state index is 0.234. The van der Waals surface area contributed by atoms with Crippen LogP contribution in [-0.2, 0) is 4.79 Å². The van der Waals surface area contributed by atoms with Crippen LogP contribution in [0.2, 0.25) is 0 Å². The fourth-order valence-corrected chi connectivity index (χ4v) is 1.52. The molecule has 0 aromatic rings. The van der Waals surface area contributed by atoms with E-state index in [1.807, 2.05) is 0 Å². The van der Waals surface area contributed by atoms with Gasteiger partial charge < -0.3 is 16.2 Å². The monoisotopic (exact) mass is 158 g/mol. The van der Waals surface area contributed by atoms with Crippen LogP contribution in [0.4, 0.5) is 0 Å². The van der Waals surface area contributed by atoms with E-state index in [0.717, 1.165) is 19.5 Å². The number of hydrogen-bond acceptors (Lipinski definition) is 3. The first kappa shape index (κ1) is 8.49. The fourth-order valence-electron chi connectivity index (χ4n) is 1.52. The van der Waals surface area contributed by atoms with E-state index < -0.39 is 5.97 Å². The zero-order valence-electron chi connectivity index (χ0n) is 6.42. The van der Waals surface area contributed by atoms with Crippen LogP contribution < -0.4 is 11.1 Å². The Morgan fingerprint density at radius 3 is 2.91 bits per heavy atom. The van der Waals surface area contributed by atoms with Gasteiger partial charge in [0.15, 0.2) is 0 Å². The molecule has 1 fully saturated rings. The van der Waals surface area contributed by atoms with Crippen LogP contribution in [-0.4, -0.2) is 30.7 Å². The molecule has 2 atom stereocenters. The molecule has 1 saturated heterocycles. The molecule has 1 rings (SSSR count). The smallest absolute Gasteiger partial charge is 0.308 e. The summed E-state index contributed by atoms with van der Waals surface area (Å²) >= 11 is 0. The summed E-state index contributed by atoms with van der Waals surface area (Å²) in [7, 11) is 0. The predicted molar refractivity (Wildman–Crippen MR) is 41.2 cm³/mol. The van der Waals surface area contributed by atoms with Gasteiger partial charge in [0.05, 0.1) is 5.92 Å². The van der Waals surface area contributed by atoms with Crippen LogP contribution in [0.1, 0.15) is 6.42 Å². The second-order valence-corrected chi connectivity index (χ2v) is 2.93. The summed E-state index contributed by atoms with van der Waals surface area (Å²) in [5.41, 5.74) is 5.34. The van der Waals surface area contributed by atoms with Crippen molar-refractivity contribution in [3.8, 4) is 0 Å². The number of nitrogens with one attached hydrogen (secondary N) is 1. The van der Waals surface area contributed by atoms with E-state index >= 15 is 0 Å². The summed E-state index contributed by atoms with van der Waals surface area (Å²) in [6.07, 6.45) is 0.939. The number of hydrogen-bond donors (Lipinski definition) is 3. The van der Waals surface area contributed by atoms with Gasteiger partial charge in [-0.2, -0.15) is 0 Å². The Labute approximate surface area is 65.8 Å². The zero-order valence-corrected chi connectivity index (χ0v) is 6.42. The van der Waals surface area contributed by atoms with E-state index in [1.54, 1.807) is 0 Å². The van der Waals surface area contributed by atoms with Crippen molar-refractivity contribution >= 4 is 5.97 Å². The van der Waals surface area contributed by atoms with Crippen molar-refractivity contribution in [2.24, 2.45) is 17.6 Å². The van der Waals surface area contributed by atoms with Crippen LogP contribution in [0.25, 0.3) is 0 Å². The number of carboxylic acids is 1. The maximum Gasteiger partial charge on any atom is 0.308 e. The standard InChI is InChI=1S/C7H14N2O2/c8-3-6(7(10)11)5-1-2-9-4-5/h5-6,9H,1-4,8H2,(H,10,11). The fraction of sp³-hybridized carbons (Fsp3) is 0.857. The van der Waals surface area contributed by atoms with Gasteiger partial charge in [-0.3, -0.25) is 4.79 Å². The molecule has 0 bridgehead atoms. The maximum atomic E-state index is 10.6. The van der Waals surface area contributed by atoms with Crippen LogP contribution in [0.15, 0.2) is 0 Å². The van der Waals surface area contributed by atoms with Gasteiger partial charge >= 0.3 is 5.97 Å². The molecule has 11 heavy (non-hydrogen) atoms. The lowest BCUT2D eigenvalue weighted by atomic mass is 9.92. The molecule has 1 heterocycles. The van der Waals surface area contributed by atoms with Crippen LogP contribution in [0, 0.1) is 11.8 Å². The zero-order chi connectivity index (χ0) is 8.27. The minimum Gasteiger partial charge on any atom is -0.481 e. The third kappa shape index (κ3) is 1.91. The number of aliphatic carboxylic acids is 1. The highest BCUT2D eigenvalue weighted by molar-refractivity contribution is 5.70. The van der Waals surface area contributed by atoms with Crippen molar-refractivity contribution in [2.75, 3.05) is 19.6 Å². The molecule has 0 saturated carbocycles. The van der Waals surface area contributed by atoms with E-state index in [1.165, 1.54) is 0 Å². The van der Waals surface area contributed by atoms with Crippen molar-refractivity contribution in [3.05, 3.63) is 0 Å². The molecule has 0 radical (unpaired) electrons. The first-order valence-electron chi connectivity index (χ1n) is 3.89. The molecule has 4 heteroatoms. The summed E-state index contributed by atoms with van der Waals surface area (Å²) in [6.45, 7) is 1.98. The molecule has 1 aliphatic rings. The summed E-state index contributed by atoms with van der Waals surface area (Å²) in [4.78, 5) is 10.6. The Hall–Kier alpha value is -0.610. The number of nitrogens with two attached hydrogens (primary N) is 1. The number of carbonyl (C=O) groups is 1. The molecule has 0 amide bonds. The lowest BCUT2D eigenvalue weighted by Gasteiger charge is -2.15. The van der Waals surface area contributed by atoms with Gasteiger partial charge in [-0.05, 0) is 25.4 Å². The first-order chi connectivity index (χ1) is 5.25. The third-order valence-electron chi connectivity index (χ3n) is 2.24. The van der Waals surface area contributed by atoms with Crippen LogP contribution in [0.5, 0.6) is 0 Å². The van der Waals surface area contributed by atoms with E-state index in [-0.39, 0.29) is 18.4 Å². The maximum absolute atomic E-state index is 10.6. The molecule has 1 aliphatic heterocycles. The Morgan fingerprint density at radius 1 is 1.82 bits per heavy atom. The summed E-state index contributed by atoms with van der Waals surface area (Å²) in [6, 6.07) is 0. The van der Waals surface area contributed by atoms with E-state index in [2.05, 4.69) is 5.32 Å². The Kier molecular flexibility index (Phi) is 2.84. The van der Waals surface area contributed by atoms with E-state index in [9.17, 15) is 4.79 Å². The quantitative estimate of drug-likeness (QED) is 0.505.